The van der Waals surface area contributed by atoms with Crippen LogP contribution in [0.15, 0.2) is 36.4 Å². The molecule has 0 aliphatic carbocycles. The summed E-state index contributed by atoms with van der Waals surface area (Å²) in [7, 11) is 0. The molecule has 3 aliphatic heterocycles. The number of aromatic hydroxyl groups is 6. The molecule has 2 fully saturated rings. The Morgan fingerprint density at radius 3 is 1.86 bits per heavy atom. The third-order valence-corrected chi connectivity index (χ3v) is 9.27. The molecule has 0 radical (unpaired) electrons. The van der Waals surface area contributed by atoms with Gasteiger partial charge in [-0.1, -0.05) is 0 Å². The van der Waals surface area contributed by atoms with Gasteiger partial charge in [0.05, 0.1) is 12.2 Å². The van der Waals surface area contributed by atoms with Crippen molar-refractivity contribution in [3.05, 3.63) is 53.1 Å². The zero-order valence-electron chi connectivity index (χ0n) is 28.3. The Bertz CT molecular complexity index is 1920. The Kier molecular flexibility index (Phi) is 11.1. The van der Waals surface area contributed by atoms with Crippen molar-refractivity contribution in [2.75, 3.05) is 6.61 Å². The van der Waals surface area contributed by atoms with Gasteiger partial charge in [0.15, 0.2) is 41.0 Å². The number of hydrogen-bond donors (Lipinski definition) is 14. The van der Waals surface area contributed by atoms with Crippen molar-refractivity contribution >= 4 is 11.9 Å². The second kappa shape index (κ2) is 15.5. The fraction of sp³-hybridized carbons (Fsp3) is 0.412. The highest BCUT2D eigenvalue weighted by Gasteiger charge is 2.49. The zero-order valence-corrected chi connectivity index (χ0v) is 28.3. The van der Waals surface area contributed by atoms with E-state index in [-0.39, 0.29) is 29.0 Å². The number of fused-ring (bicyclic) bond motifs is 1. The predicted molar refractivity (Wildman–Crippen MR) is 175 cm³/mol. The zero-order chi connectivity index (χ0) is 40.9. The monoisotopic (exact) mass is 796 g/mol. The van der Waals surface area contributed by atoms with Gasteiger partial charge in [-0.3, -0.25) is 0 Å². The Balaban J connectivity index is 1.27. The minimum absolute atomic E-state index is 0.000113. The first kappa shape index (κ1) is 40.1. The second-order valence-corrected chi connectivity index (χ2v) is 13.0. The van der Waals surface area contributed by atoms with Crippen LogP contribution in [0.5, 0.6) is 51.7 Å². The molecular formula is C34H36O22. The number of ether oxygens (including phenoxy) is 6. The lowest BCUT2D eigenvalue weighted by Crippen LogP contribution is -2.61. The van der Waals surface area contributed by atoms with Gasteiger partial charge >= 0.3 is 11.9 Å². The highest BCUT2D eigenvalue weighted by molar-refractivity contribution is 5.91. The first-order valence-corrected chi connectivity index (χ1v) is 16.5. The molecule has 0 saturated carbocycles. The minimum Gasteiger partial charge on any atom is -0.507 e. The third kappa shape index (κ3) is 7.52. The van der Waals surface area contributed by atoms with Gasteiger partial charge in [-0.2, -0.15) is 0 Å². The molecule has 56 heavy (non-hydrogen) atoms. The normalized spacial score (nSPS) is 31.4. The summed E-state index contributed by atoms with van der Waals surface area (Å²) in [5.41, 5.74) is -0.627. The molecule has 0 aromatic heterocycles. The average Bonchev–Trinajstić information content (AvgIpc) is 3.14. The Hall–Kier alpha value is -5.56. The van der Waals surface area contributed by atoms with Crippen molar-refractivity contribution in [2.45, 2.75) is 80.0 Å². The van der Waals surface area contributed by atoms with E-state index in [1.165, 1.54) is 6.07 Å². The van der Waals surface area contributed by atoms with Crippen LogP contribution < -0.4 is 14.2 Å². The molecule has 0 bridgehead atoms. The van der Waals surface area contributed by atoms with E-state index in [1.54, 1.807) is 0 Å². The molecular weight excluding hydrogens is 760 g/mol. The predicted octanol–water partition coefficient (Wildman–Crippen LogP) is -2.73. The highest BCUT2D eigenvalue weighted by atomic mass is 16.7. The summed E-state index contributed by atoms with van der Waals surface area (Å²) in [6.45, 7) is -0.750. The van der Waals surface area contributed by atoms with Crippen LogP contribution in [0, 0.1) is 0 Å². The van der Waals surface area contributed by atoms with Crippen LogP contribution >= 0.6 is 0 Å². The molecule has 3 aliphatic rings. The lowest BCUT2D eigenvalue weighted by molar-refractivity contribution is -0.277. The van der Waals surface area contributed by atoms with Crippen molar-refractivity contribution in [3.8, 4) is 51.7 Å². The van der Waals surface area contributed by atoms with Crippen LogP contribution in [0.2, 0.25) is 0 Å². The minimum atomic E-state index is -2.08. The van der Waals surface area contributed by atoms with E-state index in [1.807, 2.05) is 0 Å². The van der Waals surface area contributed by atoms with Crippen molar-refractivity contribution in [3.63, 3.8) is 0 Å². The molecule has 3 aromatic rings. The molecule has 3 heterocycles. The largest absolute Gasteiger partial charge is 0.507 e. The first-order valence-electron chi connectivity index (χ1n) is 16.5. The van der Waals surface area contributed by atoms with Crippen LogP contribution in [0.4, 0.5) is 0 Å². The molecule has 14 N–H and O–H groups in total. The fourth-order valence-corrected chi connectivity index (χ4v) is 6.29. The maximum Gasteiger partial charge on any atom is 0.338 e. The van der Waals surface area contributed by atoms with E-state index in [0.717, 1.165) is 30.3 Å². The van der Waals surface area contributed by atoms with Gasteiger partial charge in [0.1, 0.15) is 66.1 Å². The standard InChI is InChI=1S/C34H36O22/c35-8-20-22(42)23(43)26(46)33(54-20)51-11-5-13(36)12-7-19(28(52-18(12)6-11)9-1-14(37)21(41)15(38)2-9)53-32(50)10-3-16(39)29(17(40)4-10)55-34-27(47)24(44)25(45)30(56-34)31(48)49/h1-6,19-20,22-28,30,33-47H,7-8H2,(H,48,49). The molecule has 22 heteroatoms. The van der Waals surface area contributed by atoms with Gasteiger partial charge in [-0.25, -0.2) is 9.59 Å². The van der Waals surface area contributed by atoms with Gasteiger partial charge in [0.2, 0.25) is 18.3 Å². The quantitative estimate of drug-likeness (QED) is 0.0772. The lowest BCUT2D eigenvalue weighted by atomic mass is 9.93. The number of benzene rings is 3. The molecule has 12 unspecified atom stereocenters. The van der Waals surface area contributed by atoms with E-state index in [2.05, 4.69) is 0 Å². The number of phenols is 6. The SMILES string of the molecule is O=C(OC1Cc2c(O)cc(OC3OC(CO)C(O)C(O)C3O)cc2OC1c1cc(O)c(O)c(O)c1)c1cc(O)c(OC2OC(C(=O)O)C(O)C(O)C2O)c(O)c1. The number of aliphatic hydroxyl groups excluding tert-OH is 7. The number of carboxylic acids is 1. The van der Waals surface area contributed by atoms with Gasteiger partial charge in [-0.05, 0) is 24.3 Å². The summed E-state index contributed by atoms with van der Waals surface area (Å²) in [5, 5.41) is 142. The maximum atomic E-state index is 13.5. The third-order valence-electron chi connectivity index (χ3n) is 9.27. The van der Waals surface area contributed by atoms with Crippen LogP contribution in [-0.4, -0.2) is 158 Å². The summed E-state index contributed by atoms with van der Waals surface area (Å²) in [5.74, 6) is -9.17. The molecule has 0 amide bonds. The Morgan fingerprint density at radius 2 is 1.27 bits per heavy atom. The Morgan fingerprint density at radius 1 is 0.679 bits per heavy atom. The number of carbonyl (C=O) groups excluding carboxylic acids is 1. The number of hydrogen-bond acceptors (Lipinski definition) is 21. The van der Waals surface area contributed by atoms with E-state index < -0.39 is 138 Å². The molecule has 6 rings (SSSR count). The van der Waals surface area contributed by atoms with Crippen LogP contribution in [-0.2, 0) is 25.4 Å². The van der Waals surface area contributed by atoms with Gasteiger partial charge < -0.3 is 99.9 Å². The number of aliphatic carboxylic acids is 1. The number of esters is 1. The molecule has 304 valence electrons. The summed E-state index contributed by atoms with van der Waals surface area (Å²) >= 11 is 0. The summed E-state index contributed by atoms with van der Waals surface area (Å²) in [4.78, 5) is 24.9. The topological polar surface area (TPSA) is 373 Å². The molecule has 2 saturated heterocycles. The van der Waals surface area contributed by atoms with Crippen LogP contribution in [0.25, 0.3) is 0 Å². The fourth-order valence-electron chi connectivity index (χ4n) is 6.29. The number of phenolic OH excluding ortho intramolecular Hbond substituents is 6. The molecule has 22 nitrogen and oxygen atoms in total. The van der Waals surface area contributed by atoms with Crippen molar-refractivity contribution < 1.29 is 110 Å². The van der Waals surface area contributed by atoms with Crippen LogP contribution in [0.3, 0.4) is 0 Å². The van der Waals surface area contributed by atoms with Gasteiger partial charge in [-0.15, -0.1) is 0 Å². The van der Waals surface area contributed by atoms with Crippen molar-refractivity contribution in [1.82, 2.24) is 0 Å². The maximum absolute atomic E-state index is 13.5. The van der Waals surface area contributed by atoms with Gasteiger partial charge in [0.25, 0.3) is 0 Å². The van der Waals surface area contributed by atoms with E-state index in [9.17, 15) is 81.1 Å². The van der Waals surface area contributed by atoms with Crippen molar-refractivity contribution in [2.24, 2.45) is 0 Å². The number of carboxylic acid groups (broad SMARTS) is 1. The van der Waals surface area contributed by atoms with Crippen LogP contribution in [0.1, 0.15) is 27.6 Å². The second-order valence-electron chi connectivity index (χ2n) is 13.0. The van der Waals surface area contributed by atoms with Gasteiger partial charge in [0, 0.05) is 29.7 Å². The summed E-state index contributed by atoms with van der Waals surface area (Å²) in [6.07, 6.45) is -21.9. The molecule has 0 spiro atoms. The average molecular weight is 797 g/mol. The Labute approximate surface area is 312 Å². The summed E-state index contributed by atoms with van der Waals surface area (Å²) in [6, 6.07) is 5.64. The van der Waals surface area contributed by atoms with Crippen molar-refractivity contribution in [1.29, 1.82) is 0 Å². The number of aliphatic hydroxyl groups is 7. The lowest BCUT2D eigenvalue weighted by Gasteiger charge is -2.39. The van der Waals surface area contributed by atoms with E-state index in [4.69, 9.17) is 28.4 Å². The van der Waals surface area contributed by atoms with E-state index >= 15 is 0 Å². The number of carbonyl (C=O) groups is 2. The van der Waals surface area contributed by atoms with E-state index in [0.29, 0.717) is 0 Å². The molecule has 3 aromatic carbocycles. The molecule has 12 atom stereocenters. The summed E-state index contributed by atoms with van der Waals surface area (Å²) < 4.78 is 32.8. The smallest absolute Gasteiger partial charge is 0.338 e. The highest BCUT2D eigenvalue weighted by Crippen LogP contribution is 2.47. The number of rotatable bonds is 9. The first-order chi connectivity index (χ1) is 26.4.